The summed E-state index contributed by atoms with van der Waals surface area (Å²) < 4.78 is 31.0. The van der Waals surface area contributed by atoms with Crippen molar-refractivity contribution in [3.63, 3.8) is 0 Å². The number of aromatic nitrogens is 2. The molecule has 0 saturated carbocycles. The average molecular weight is 452 g/mol. The second kappa shape index (κ2) is 7.70. The average Bonchev–Trinajstić information content (AvgIpc) is 3.14. The van der Waals surface area contributed by atoms with Crippen LogP contribution in [0.3, 0.4) is 0 Å². The Balaban J connectivity index is 1.58. The second-order valence-corrected chi connectivity index (χ2v) is 9.37. The van der Waals surface area contributed by atoms with E-state index in [0.717, 1.165) is 0 Å². The van der Waals surface area contributed by atoms with Gasteiger partial charge in [0.1, 0.15) is 11.6 Å². The molecule has 2 aromatic carbocycles. The molecular formula is C19H15Cl2N3O4S. The number of rotatable bonds is 5. The van der Waals surface area contributed by atoms with Crippen molar-refractivity contribution in [3.05, 3.63) is 69.8 Å². The monoisotopic (exact) mass is 451 g/mol. The third-order valence-corrected chi connectivity index (χ3v) is 6.27. The molecule has 1 N–H and O–H groups in total. The third-order valence-electron chi connectivity index (χ3n) is 4.30. The number of hydrogen-bond donors (Lipinski definition) is 1. The number of sulfone groups is 1. The number of halogens is 2. The largest absolute Gasteiger partial charge is 0.482 e. The number of amides is 1. The van der Waals surface area contributed by atoms with Gasteiger partial charge >= 0.3 is 0 Å². The van der Waals surface area contributed by atoms with Crippen LogP contribution in [0.2, 0.25) is 10.0 Å². The SMILES string of the molecule is O=C(COc1ccc(Cl)cc1Cl)Nc1c2c(nn1-c1ccccc1)CS(=O)(=O)C2. The smallest absolute Gasteiger partial charge is 0.263 e. The molecule has 2 heterocycles. The van der Waals surface area contributed by atoms with E-state index in [1.807, 2.05) is 30.3 Å². The number of anilines is 1. The highest BCUT2D eigenvalue weighted by molar-refractivity contribution is 7.90. The molecule has 0 spiro atoms. The Hall–Kier alpha value is -2.55. The number of carbonyl (C=O) groups is 1. The molecule has 3 aromatic rings. The maximum Gasteiger partial charge on any atom is 0.263 e. The van der Waals surface area contributed by atoms with E-state index in [1.165, 1.54) is 10.7 Å². The first-order chi connectivity index (χ1) is 13.8. The van der Waals surface area contributed by atoms with Crippen molar-refractivity contribution in [2.45, 2.75) is 11.5 Å². The summed E-state index contributed by atoms with van der Waals surface area (Å²) in [5.41, 5.74) is 1.63. The van der Waals surface area contributed by atoms with Gasteiger partial charge in [0.25, 0.3) is 5.91 Å². The van der Waals surface area contributed by atoms with E-state index in [1.54, 1.807) is 12.1 Å². The highest BCUT2D eigenvalue weighted by atomic mass is 35.5. The van der Waals surface area contributed by atoms with Gasteiger partial charge in [-0.2, -0.15) is 5.10 Å². The molecule has 0 saturated heterocycles. The van der Waals surface area contributed by atoms with Crippen LogP contribution in [0.5, 0.6) is 5.75 Å². The number of fused-ring (bicyclic) bond motifs is 1. The lowest BCUT2D eigenvalue weighted by Crippen LogP contribution is -2.23. The molecule has 0 aliphatic carbocycles. The molecule has 0 bridgehead atoms. The minimum Gasteiger partial charge on any atom is -0.482 e. The lowest BCUT2D eigenvalue weighted by molar-refractivity contribution is -0.118. The molecule has 1 aliphatic heterocycles. The summed E-state index contributed by atoms with van der Waals surface area (Å²) in [6.45, 7) is -0.317. The van der Waals surface area contributed by atoms with Gasteiger partial charge in [0.05, 0.1) is 27.9 Å². The number of nitrogens with one attached hydrogen (secondary N) is 1. The van der Waals surface area contributed by atoms with Crippen LogP contribution in [0.15, 0.2) is 48.5 Å². The molecule has 0 unspecified atom stereocenters. The molecule has 1 aromatic heterocycles. The van der Waals surface area contributed by atoms with Crippen LogP contribution >= 0.6 is 23.2 Å². The van der Waals surface area contributed by atoms with E-state index in [4.69, 9.17) is 27.9 Å². The molecule has 4 rings (SSSR count). The zero-order chi connectivity index (χ0) is 20.6. The fraction of sp³-hybridized carbons (Fsp3) is 0.158. The van der Waals surface area contributed by atoms with Crippen LogP contribution in [0.4, 0.5) is 5.82 Å². The Labute approximate surface area is 177 Å². The van der Waals surface area contributed by atoms with Crippen LogP contribution in [0.25, 0.3) is 5.69 Å². The zero-order valence-electron chi connectivity index (χ0n) is 14.9. The lowest BCUT2D eigenvalue weighted by atomic mass is 10.2. The van der Waals surface area contributed by atoms with Crippen molar-refractivity contribution in [3.8, 4) is 11.4 Å². The Bertz CT molecular complexity index is 1190. The molecule has 0 radical (unpaired) electrons. The highest BCUT2D eigenvalue weighted by Gasteiger charge is 2.33. The first-order valence-corrected chi connectivity index (χ1v) is 11.1. The fourth-order valence-corrected chi connectivity index (χ4v) is 4.99. The molecule has 150 valence electrons. The quantitative estimate of drug-likeness (QED) is 0.639. The predicted molar refractivity (Wildman–Crippen MR) is 110 cm³/mol. The topological polar surface area (TPSA) is 90.3 Å². The van der Waals surface area contributed by atoms with Crippen molar-refractivity contribution in [2.75, 3.05) is 11.9 Å². The van der Waals surface area contributed by atoms with Crippen molar-refractivity contribution in [1.29, 1.82) is 0 Å². The first-order valence-electron chi connectivity index (χ1n) is 8.57. The summed E-state index contributed by atoms with van der Waals surface area (Å²) in [6, 6.07) is 13.8. The molecule has 0 fully saturated rings. The normalized spacial score (nSPS) is 14.4. The van der Waals surface area contributed by atoms with Gasteiger partial charge in [0.15, 0.2) is 16.4 Å². The van der Waals surface area contributed by atoms with Gasteiger partial charge in [-0.15, -0.1) is 0 Å². The maximum absolute atomic E-state index is 12.5. The number of ether oxygens (including phenoxy) is 1. The Morgan fingerprint density at radius 1 is 1.14 bits per heavy atom. The summed E-state index contributed by atoms with van der Waals surface area (Å²) in [6.07, 6.45) is 0. The Kier molecular flexibility index (Phi) is 5.24. The molecular weight excluding hydrogens is 437 g/mol. The van der Waals surface area contributed by atoms with Gasteiger partial charge in [-0.1, -0.05) is 41.4 Å². The summed E-state index contributed by atoms with van der Waals surface area (Å²) in [5.74, 6) is -0.157. The van der Waals surface area contributed by atoms with Crippen LogP contribution in [0.1, 0.15) is 11.3 Å². The minimum atomic E-state index is -3.27. The van der Waals surface area contributed by atoms with E-state index >= 15 is 0 Å². The summed E-state index contributed by atoms with van der Waals surface area (Å²) in [4.78, 5) is 12.5. The summed E-state index contributed by atoms with van der Waals surface area (Å²) >= 11 is 11.9. The number of benzene rings is 2. The molecule has 0 atom stereocenters. The van der Waals surface area contributed by atoms with E-state index in [2.05, 4.69) is 10.4 Å². The van der Waals surface area contributed by atoms with Gasteiger partial charge in [0, 0.05) is 10.6 Å². The fourth-order valence-electron chi connectivity index (χ4n) is 3.03. The predicted octanol–water partition coefficient (Wildman–Crippen LogP) is 3.63. The van der Waals surface area contributed by atoms with Gasteiger partial charge in [-0.25, -0.2) is 13.1 Å². The highest BCUT2D eigenvalue weighted by Crippen LogP contribution is 2.33. The van der Waals surface area contributed by atoms with E-state index in [0.29, 0.717) is 33.5 Å². The van der Waals surface area contributed by atoms with E-state index in [9.17, 15) is 13.2 Å². The van der Waals surface area contributed by atoms with Gasteiger partial charge < -0.3 is 10.1 Å². The second-order valence-electron chi connectivity index (χ2n) is 6.47. The number of para-hydroxylation sites is 1. The molecule has 1 aliphatic rings. The lowest BCUT2D eigenvalue weighted by Gasteiger charge is -2.12. The molecule has 29 heavy (non-hydrogen) atoms. The number of hydrogen-bond acceptors (Lipinski definition) is 5. The first kappa shape index (κ1) is 19.8. The van der Waals surface area contributed by atoms with Gasteiger partial charge in [0.2, 0.25) is 0 Å². The van der Waals surface area contributed by atoms with Crippen molar-refractivity contribution in [1.82, 2.24) is 9.78 Å². The maximum atomic E-state index is 12.5. The van der Waals surface area contributed by atoms with Gasteiger partial charge in [-0.3, -0.25) is 4.79 Å². The third kappa shape index (κ3) is 4.24. The molecule has 1 amide bonds. The van der Waals surface area contributed by atoms with Gasteiger partial charge in [-0.05, 0) is 30.3 Å². The van der Waals surface area contributed by atoms with Crippen LogP contribution < -0.4 is 10.1 Å². The van der Waals surface area contributed by atoms with Crippen LogP contribution in [-0.2, 0) is 26.1 Å². The number of nitrogens with zero attached hydrogens (tertiary/aromatic N) is 2. The molecule has 7 nitrogen and oxygen atoms in total. The standard InChI is InChI=1S/C19H15Cl2N3O4S/c20-12-6-7-17(15(21)8-12)28-9-18(25)22-19-14-10-29(26,27)11-16(14)23-24(19)13-4-2-1-3-5-13/h1-8H,9-11H2,(H,22,25). The van der Waals surface area contributed by atoms with Crippen molar-refractivity contribution in [2.24, 2.45) is 0 Å². The number of carbonyl (C=O) groups excluding carboxylic acids is 1. The summed E-state index contributed by atoms with van der Waals surface area (Å²) in [5, 5.41) is 7.87. The Morgan fingerprint density at radius 2 is 1.90 bits per heavy atom. The molecule has 10 heteroatoms. The van der Waals surface area contributed by atoms with Crippen LogP contribution in [0, 0.1) is 0 Å². The minimum absolute atomic E-state index is 0.151. The van der Waals surface area contributed by atoms with Crippen LogP contribution in [-0.4, -0.2) is 30.7 Å². The van der Waals surface area contributed by atoms with Crippen molar-refractivity contribution >= 4 is 44.8 Å². The summed E-state index contributed by atoms with van der Waals surface area (Å²) in [7, 11) is -3.27. The zero-order valence-corrected chi connectivity index (χ0v) is 17.3. The van der Waals surface area contributed by atoms with Crippen molar-refractivity contribution < 1.29 is 17.9 Å². The van der Waals surface area contributed by atoms with E-state index in [-0.39, 0.29) is 23.1 Å². The Morgan fingerprint density at radius 3 is 2.62 bits per heavy atom. The van der Waals surface area contributed by atoms with E-state index < -0.39 is 15.7 Å².